The van der Waals surface area contributed by atoms with Crippen molar-refractivity contribution >= 4 is 5.97 Å². The van der Waals surface area contributed by atoms with Gasteiger partial charge in [-0.1, -0.05) is 6.07 Å². The van der Waals surface area contributed by atoms with Crippen LogP contribution >= 0.6 is 0 Å². The number of ether oxygens (including phenoxy) is 3. The SMILES string of the molecule is CCOC(=O)C(N)CCOc1cccc(OCC)c1. The van der Waals surface area contributed by atoms with E-state index in [0.29, 0.717) is 32.0 Å². The number of carbonyl (C=O) groups excluding carboxylic acids is 1. The minimum absolute atomic E-state index is 0.337. The van der Waals surface area contributed by atoms with Crippen molar-refractivity contribution in [2.45, 2.75) is 26.3 Å². The van der Waals surface area contributed by atoms with Gasteiger partial charge < -0.3 is 19.9 Å². The minimum atomic E-state index is -0.643. The minimum Gasteiger partial charge on any atom is -0.494 e. The Morgan fingerprint density at radius 3 is 2.53 bits per heavy atom. The zero-order chi connectivity index (χ0) is 14.1. The van der Waals surface area contributed by atoms with Crippen LogP contribution in [0, 0.1) is 0 Å². The molecule has 2 N–H and O–H groups in total. The van der Waals surface area contributed by atoms with Crippen LogP contribution in [0.2, 0.25) is 0 Å². The maximum absolute atomic E-state index is 11.3. The zero-order valence-corrected chi connectivity index (χ0v) is 11.4. The van der Waals surface area contributed by atoms with Gasteiger partial charge in [-0.15, -0.1) is 0 Å². The van der Waals surface area contributed by atoms with Crippen molar-refractivity contribution in [2.24, 2.45) is 5.73 Å². The molecule has 106 valence electrons. The van der Waals surface area contributed by atoms with Crippen LogP contribution in [0.1, 0.15) is 20.3 Å². The van der Waals surface area contributed by atoms with E-state index in [2.05, 4.69) is 0 Å². The van der Waals surface area contributed by atoms with Gasteiger partial charge in [0.25, 0.3) is 0 Å². The van der Waals surface area contributed by atoms with Gasteiger partial charge in [-0.05, 0) is 26.0 Å². The first-order chi connectivity index (χ1) is 9.17. The van der Waals surface area contributed by atoms with Gasteiger partial charge in [-0.2, -0.15) is 0 Å². The Morgan fingerprint density at radius 1 is 1.21 bits per heavy atom. The van der Waals surface area contributed by atoms with E-state index in [1.54, 1.807) is 13.0 Å². The number of esters is 1. The van der Waals surface area contributed by atoms with Crippen molar-refractivity contribution in [1.82, 2.24) is 0 Å². The van der Waals surface area contributed by atoms with Crippen molar-refractivity contribution in [1.29, 1.82) is 0 Å². The van der Waals surface area contributed by atoms with Crippen LogP contribution in [0.5, 0.6) is 11.5 Å². The number of hydrogen-bond donors (Lipinski definition) is 1. The molecule has 0 bridgehead atoms. The molecule has 1 rings (SSSR count). The number of rotatable bonds is 8. The predicted molar refractivity (Wildman–Crippen MR) is 72.3 cm³/mol. The molecule has 0 aliphatic carbocycles. The van der Waals surface area contributed by atoms with E-state index >= 15 is 0 Å². The lowest BCUT2D eigenvalue weighted by molar-refractivity contribution is -0.145. The van der Waals surface area contributed by atoms with E-state index in [-0.39, 0.29) is 0 Å². The topological polar surface area (TPSA) is 70.8 Å². The highest BCUT2D eigenvalue weighted by Gasteiger charge is 2.14. The normalized spacial score (nSPS) is 11.7. The molecule has 0 aliphatic rings. The predicted octanol–water partition coefficient (Wildman–Crippen LogP) is 1.74. The second-order valence-electron chi connectivity index (χ2n) is 3.90. The quantitative estimate of drug-likeness (QED) is 0.726. The summed E-state index contributed by atoms with van der Waals surface area (Å²) in [6.45, 7) is 4.97. The van der Waals surface area contributed by atoms with E-state index in [4.69, 9.17) is 19.9 Å². The van der Waals surface area contributed by atoms with Gasteiger partial charge in [0, 0.05) is 12.5 Å². The molecule has 0 amide bonds. The number of hydrogen-bond acceptors (Lipinski definition) is 5. The number of benzene rings is 1. The summed E-state index contributed by atoms with van der Waals surface area (Å²) in [5.41, 5.74) is 5.67. The van der Waals surface area contributed by atoms with Crippen molar-refractivity contribution in [3.05, 3.63) is 24.3 Å². The smallest absolute Gasteiger partial charge is 0.323 e. The average Bonchev–Trinajstić information content (AvgIpc) is 2.40. The molecular formula is C14H21NO4. The second-order valence-corrected chi connectivity index (χ2v) is 3.90. The third-order valence-corrected chi connectivity index (χ3v) is 2.40. The maximum atomic E-state index is 11.3. The van der Waals surface area contributed by atoms with Gasteiger partial charge in [-0.3, -0.25) is 4.79 Å². The van der Waals surface area contributed by atoms with Crippen LogP contribution in [-0.4, -0.2) is 31.8 Å². The van der Waals surface area contributed by atoms with E-state index in [9.17, 15) is 4.79 Å². The lowest BCUT2D eigenvalue weighted by atomic mass is 10.2. The first kappa shape index (κ1) is 15.3. The summed E-state index contributed by atoms with van der Waals surface area (Å²) in [6, 6.07) is 6.71. The summed E-state index contributed by atoms with van der Waals surface area (Å²) in [7, 11) is 0. The van der Waals surface area contributed by atoms with Crippen LogP contribution in [0.25, 0.3) is 0 Å². The molecule has 5 nitrogen and oxygen atoms in total. The van der Waals surface area contributed by atoms with Crippen LogP contribution in [0.4, 0.5) is 0 Å². The second kappa shape index (κ2) is 8.37. The summed E-state index contributed by atoms with van der Waals surface area (Å²) >= 11 is 0. The molecular weight excluding hydrogens is 246 g/mol. The van der Waals surface area contributed by atoms with Crippen LogP contribution in [0.15, 0.2) is 24.3 Å². The molecule has 1 aromatic carbocycles. The fourth-order valence-electron chi connectivity index (χ4n) is 1.49. The fourth-order valence-corrected chi connectivity index (χ4v) is 1.49. The van der Waals surface area contributed by atoms with Crippen molar-refractivity contribution in [3.63, 3.8) is 0 Å². The molecule has 0 radical (unpaired) electrons. The van der Waals surface area contributed by atoms with Gasteiger partial charge in [0.15, 0.2) is 0 Å². The largest absolute Gasteiger partial charge is 0.494 e. The van der Waals surface area contributed by atoms with Gasteiger partial charge >= 0.3 is 5.97 Å². The summed E-state index contributed by atoms with van der Waals surface area (Å²) in [4.78, 5) is 11.3. The lowest BCUT2D eigenvalue weighted by Gasteiger charge is -2.12. The monoisotopic (exact) mass is 267 g/mol. The van der Waals surface area contributed by atoms with E-state index in [0.717, 1.165) is 5.75 Å². The molecule has 0 saturated carbocycles. The summed E-state index contributed by atoms with van der Waals surface area (Å²) < 4.78 is 15.7. The molecule has 0 heterocycles. The van der Waals surface area contributed by atoms with Crippen LogP contribution in [-0.2, 0) is 9.53 Å². The Hall–Kier alpha value is -1.75. The molecule has 0 aliphatic heterocycles. The summed E-state index contributed by atoms with van der Waals surface area (Å²) in [6.07, 6.45) is 0.414. The van der Waals surface area contributed by atoms with Crippen LogP contribution < -0.4 is 15.2 Å². The van der Waals surface area contributed by atoms with Gasteiger partial charge in [0.1, 0.15) is 17.5 Å². The first-order valence-corrected chi connectivity index (χ1v) is 6.45. The van der Waals surface area contributed by atoms with Crippen molar-refractivity contribution < 1.29 is 19.0 Å². The maximum Gasteiger partial charge on any atom is 0.323 e. The Kier molecular flexibility index (Phi) is 6.74. The standard InChI is InChI=1S/C14H21NO4/c1-3-17-11-6-5-7-12(10-11)19-9-8-13(15)14(16)18-4-2/h5-7,10,13H,3-4,8-9,15H2,1-2H3. The lowest BCUT2D eigenvalue weighted by Crippen LogP contribution is -2.33. The molecule has 0 saturated heterocycles. The zero-order valence-electron chi connectivity index (χ0n) is 11.4. The Morgan fingerprint density at radius 2 is 1.89 bits per heavy atom. The van der Waals surface area contributed by atoms with Gasteiger partial charge in [0.2, 0.25) is 0 Å². The number of carbonyl (C=O) groups is 1. The highest BCUT2D eigenvalue weighted by atomic mass is 16.5. The van der Waals surface area contributed by atoms with E-state index < -0.39 is 12.0 Å². The highest BCUT2D eigenvalue weighted by Crippen LogP contribution is 2.19. The third-order valence-electron chi connectivity index (χ3n) is 2.40. The van der Waals surface area contributed by atoms with Gasteiger partial charge in [-0.25, -0.2) is 0 Å². The van der Waals surface area contributed by atoms with Gasteiger partial charge in [0.05, 0.1) is 19.8 Å². The summed E-state index contributed by atoms with van der Waals surface area (Å²) in [5.74, 6) is 1.06. The summed E-state index contributed by atoms with van der Waals surface area (Å²) in [5, 5.41) is 0. The molecule has 0 aromatic heterocycles. The molecule has 1 aromatic rings. The molecule has 0 fully saturated rings. The fraction of sp³-hybridized carbons (Fsp3) is 0.500. The van der Waals surface area contributed by atoms with E-state index in [1.165, 1.54) is 0 Å². The molecule has 1 unspecified atom stereocenters. The van der Waals surface area contributed by atoms with Crippen molar-refractivity contribution in [2.75, 3.05) is 19.8 Å². The molecule has 0 spiro atoms. The first-order valence-electron chi connectivity index (χ1n) is 6.45. The number of nitrogens with two attached hydrogens (primary N) is 1. The Labute approximate surface area is 113 Å². The Balaban J connectivity index is 2.36. The highest BCUT2D eigenvalue weighted by molar-refractivity contribution is 5.75. The van der Waals surface area contributed by atoms with Crippen molar-refractivity contribution in [3.8, 4) is 11.5 Å². The Bertz CT molecular complexity index is 395. The molecule has 5 heteroatoms. The average molecular weight is 267 g/mol. The van der Waals surface area contributed by atoms with E-state index in [1.807, 2.05) is 25.1 Å². The van der Waals surface area contributed by atoms with Crippen LogP contribution in [0.3, 0.4) is 0 Å². The molecule has 1 atom stereocenters. The molecule has 19 heavy (non-hydrogen) atoms. The third kappa shape index (κ3) is 5.61.